The number of rotatable bonds is 6. The van der Waals surface area contributed by atoms with Gasteiger partial charge in [-0.25, -0.2) is 9.97 Å². The number of amides is 1. The van der Waals surface area contributed by atoms with Gasteiger partial charge < -0.3 is 5.32 Å². The summed E-state index contributed by atoms with van der Waals surface area (Å²) in [6.07, 6.45) is 5.38. The highest BCUT2D eigenvalue weighted by atomic mass is 32.2. The molecule has 1 fully saturated rings. The Balaban J connectivity index is 2.03. The predicted octanol–water partition coefficient (Wildman–Crippen LogP) is 3.34. The van der Waals surface area contributed by atoms with Gasteiger partial charge >= 0.3 is 0 Å². The molecule has 2 rings (SSSR count). The minimum absolute atomic E-state index is 0.0163. The molecule has 132 valence electrons. The van der Waals surface area contributed by atoms with E-state index in [4.69, 9.17) is 0 Å². The standard InChI is InChI=1S/C18H27N3O2S/c1-5-15-19-12(3)17(13(4)22)18(21-15)24-10-16(23)20-14-9-7-6-8-11(14)2/h11,14H,5-10H2,1-4H3,(H,20,23)/t11-,14-/m1/s1. The average Bonchev–Trinajstić information content (AvgIpc) is 2.54. The maximum atomic E-state index is 12.3. The molecule has 5 nitrogen and oxygen atoms in total. The van der Waals surface area contributed by atoms with Crippen LogP contribution in [0.5, 0.6) is 0 Å². The lowest BCUT2D eigenvalue weighted by atomic mass is 9.86. The summed E-state index contributed by atoms with van der Waals surface area (Å²) in [6.45, 7) is 7.52. The zero-order chi connectivity index (χ0) is 17.7. The first-order valence-electron chi connectivity index (χ1n) is 8.73. The van der Waals surface area contributed by atoms with Crippen LogP contribution in [0.1, 0.15) is 68.3 Å². The topological polar surface area (TPSA) is 72.0 Å². The fraction of sp³-hybridized carbons (Fsp3) is 0.667. The van der Waals surface area contributed by atoms with Crippen molar-refractivity contribution >= 4 is 23.5 Å². The Bertz CT molecular complexity index is 619. The van der Waals surface area contributed by atoms with E-state index in [0.717, 1.165) is 6.42 Å². The Kier molecular flexibility index (Phi) is 6.78. The largest absolute Gasteiger partial charge is 0.352 e. The first-order chi connectivity index (χ1) is 11.4. The van der Waals surface area contributed by atoms with E-state index < -0.39 is 0 Å². The third-order valence-corrected chi connectivity index (χ3v) is 5.54. The molecule has 0 spiro atoms. The van der Waals surface area contributed by atoms with E-state index in [2.05, 4.69) is 22.2 Å². The Morgan fingerprint density at radius 2 is 1.96 bits per heavy atom. The van der Waals surface area contributed by atoms with Crippen molar-refractivity contribution in [1.82, 2.24) is 15.3 Å². The third kappa shape index (κ3) is 4.79. The van der Waals surface area contributed by atoms with Crippen LogP contribution in [-0.4, -0.2) is 33.5 Å². The predicted molar refractivity (Wildman–Crippen MR) is 96.4 cm³/mol. The highest BCUT2D eigenvalue weighted by Crippen LogP contribution is 2.25. The molecule has 1 aliphatic carbocycles. The molecule has 1 aromatic heterocycles. The lowest BCUT2D eigenvalue weighted by Gasteiger charge is -2.29. The molecule has 0 aromatic carbocycles. The molecule has 1 heterocycles. The van der Waals surface area contributed by atoms with Gasteiger partial charge in [0.2, 0.25) is 5.91 Å². The smallest absolute Gasteiger partial charge is 0.230 e. The van der Waals surface area contributed by atoms with Gasteiger partial charge in [0, 0.05) is 12.5 Å². The first-order valence-corrected chi connectivity index (χ1v) is 9.71. The lowest BCUT2D eigenvalue weighted by molar-refractivity contribution is -0.119. The number of Topliss-reactive ketones (excluding diaryl/α,β-unsaturated/α-hetero) is 1. The molecule has 1 aliphatic rings. The molecule has 0 aliphatic heterocycles. The quantitative estimate of drug-likeness (QED) is 0.484. The molecular formula is C18H27N3O2S. The Labute approximate surface area is 148 Å². The summed E-state index contributed by atoms with van der Waals surface area (Å²) in [5.74, 6) is 1.49. The summed E-state index contributed by atoms with van der Waals surface area (Å²) in [4.78, 5) is 33.0. The van der Waals surface area contributed by atoms with Crippen LogP contribution in [0.15, 0.2) is 5.03 Å². The van der Waals surface area contributed by atoms with E-state index in [1.54, 1.807) is 0 Å². The number of carbonyl (C=O) groups is 2. The van der Waals surface area contributed by atoms with Gasteiger partial charge in [-0.15, -0.1) is 0 Å². The molecule has 1 aromatic rings. The maximum absolute atomic E-state index is 12.3. The van der Waals surface area contributed by atoms with Crippen molar-refractivity contribution < 1.29 is 9.59 Å². The molecule has 1 amide bonds. The SMILES string of the molecule is CCc1nc(C)c(C(C)=O)c(SCC(=O)N[C@@H]2CCCC[C@H]2C)n1. The monoisotopic (exact) mass is 349 g/mol. The summed E-state index contributed by atoms with van der Waals surface area (Å²) in [6, 6.07) is 0.275. The number of thioether (sulfide) groups is 1. The highest BCUT2D eigenvalue weighted by molar-refractivity contribution is 8.00. The van der Waals surface area contributed by atoms with E-state index in [0.29, 0.717) is 34.4 Å². The minimum atomic E-state index is -0.0565. The van der Waals surface area contributed by atoms with E-state index >= 15 is 0 Å². The van der Waals surface area contributed by atoms with Gasteiger partial charge in [-0.3, -0.25) is 9.59 Å². The molecule has 24 heavy (non-hydrogen) atoms. The molecule has 1 saturated carbocycles. The number of carbonyl (C=O) groups excluding carboxylic acids is 2. The van der Waals surface area contributed by atoms with Gasteiger partial charge in [-0.05, 0) is 32.6 Å². The van der Waals surface area contributed by atoms with Crippen LogP contribution in [-0.2, 0) is 11.2 Å². The van der Waals surface area contributed by atoms with Crippen LogP contribution in [0.4, 0.5) is 0 Å². The Hall–Kier alpha value is -1.43. The van der Waals surface area contributed by atoms with Crippen molar-refractivity contribution in [2.45, 2.75) is 70.9 Å². The van der Waals surface area contributed by atoms with Crippen molar-refractivity contribution in [1.29, 1.82) is 0 Å². The van der Waals surface area contributed by atoms with Crippen LogP contribution in [0.3, 0.4) is 0 Å². The van der Waals surface area contributed by atoms with Crippen molar-refractivity contribution in [2.24, 2.45) is 5.92 Å². The summed E-state index contributed by atoms with van der Waals surface area (Å²) in [5.41, 5.74) is 1.23. The molecule has 1 N–H and O–H groups in total. The zero-order valence-electron chi connectivity index (χ0n) is 15.0. The van der Waals surface area contributed by atoms with E-state index in [9.17, 15) is 9.59 Å². The van der Waals surface area contributed by atoms with Gasteiger partial charge in [0.15, 0.2) is 5.78 Å². The van der Waals surface area contributed by atoms with E-state index in [-0.39, 0.29) is 23.5 Å². The van der Waals surface area contributed by atoms with Crippen molar-refractivity contribution in [3.05, 3.63) is 17.1 Å². The van der Waals surface area contributed by atoms with Gasteiger partial charge in [0.05, 0.1) is 17.0 Å². The third-order valence-electron chi connectivity index (χ3n) is 4.57. The van der Waals surface area contributed by atoms with Crippen LogP contribution in [0.2, 0.25) is 0 Å². The van der Waals surface area contributed by atoms with Crippen LogP contribution < -0.4 is 5.32 Å². The number of ketones is 1. The lowest BCUT2D eigenvalue weighted by Crippen LogP contribution is -2.41. The van der Waals surface area contributed by atoms with Crippen LogP contribution in [0.25, 0.3) is 0 Å². The molecule has 0 unspecified atom stereocenters. The van der Waals surface area contributed by atoms with Crippen LogP contribution in [0, 0.1) is 12.8 Å². The highest BCUT2D eigenvalue weighted by Gasteiger charge is 2.23. The molecule has 6 heteroatoms. The van der Waals surface area contributed by atoms with Gasteiger partial charge in [0.25, 0.3) is 0 Å². The fourth-order valence-electron chi connectivity index (χ4n) is 3.18. The second-order valence-corrected chi connectivity index (χ2v) is 7.50. The molecule has 0 radical (unpaired) electrons. The van der Waals surface area contributed by atoms with E-state index in [1.165, 1.54) is 37.9 Å². The van der Waals surface area contributed by atoms with Crippen molar-refractivity contribution in [3.8, 4) is 0 Å². The number of hydrogen-bond acceptors (Lipinski definition) is 5. The number of hydrogen-bond donors (Lipinski definition) is 1. The summed E-state index contributed by atoms with van der Waals surface area (Å²) in [7, 11) is 0. The fourth-order valence-corrected chi connectivity index (χ4v) is 4.14. The number of aryl methyl sites for hydroxylation is 2. The Morgan fingerprint density at radius 1 is 1.25 bits per heavy atom. The van der Waals surface area contributed by atoms with Gasteiger partial charge in [-0.1, -0.05) is 38.5 Å². The average molecular weight is 350 g/mol. The maximum Gasteiger partial charge on any atom is 0.230 e. The molecule has 2 atom stereocenters. The zero-order valence-corrected chi connectivity index (χ0v) is 15.8. The second-order valence-electron chi connectivity index (χ2n) is 6.54. The summed E-state index contributed by atoms with van der Waals surface area (Å²) >= 11 is 1.33. The van der Waals surface area contributed by atoms with Crippen molar-refractivity contribution in [3.63, 3.8) is 0 Å². The molecular weight excluding hydrogens is 322 g/mol. The summed E-state index contributed by atoms with van der Waals surface area (Å²) < 4.78 is 0. The summed E-state index contributed by atoms with van der Waals surface area (Å²) in [5, 5.41) is 3.77. The van der Waals surface area contributed by atoms with E-state index in [1.807, 2.05) is 13.8 Å². The van der Waals surface area contributed by atoms with Crippen LogP contribution >= 0.6 is 11.8 Å². The van der Waals surface area contributed by atoms with Gasteiger partial charge in [-0.2, -0.15) is 0 Å². The Morgan fingerprint density at radius 3 is 2.58 bits per heavy atom. The number of aromatic nitrogens is 2. The normalized spacial score (nSPS) is 20.7. The minimum Gasteiger partial charge on any atom is -0.352 e. The van der Waals surface area contributed by atoms with Crippen molar-refractivity contribution in [2.75, 3.05) is 5.75 Å². The number of nitrogens with one attached hydrogen (secondary N) is 1. The second kappa shape index (κ2) is 8.60. The number of nitrogens with zero attached hydrogens (tertiary/aromatic N) is 2. The first kappa shape index (κ1) is 18.9. The van der Waals surface area contributed by atoms with Gasteiger partial charge in [0.1, 0.15) is 10.9 Å². The molecule has 0 bridgehead atoms. The molecule has 0 saturated heterocycles.